The topological polar surface area (TPSA) is 37.4 Å². The summed E-state index contributed by atoms with van der Waals surface area (Å²) in [5, 5.41) is 2.22. The van der Waals surface area contributed by atoms with Gasteiger partial charge in [0, 0.05) is 0 Å². The minimum absolute atomic E-state index is 0.295. The molecule has 0 bridgehead atoms. The van der Waals surface area contributed by atoms with Crippen LogP contribution in [0.4, 0.5) is 0 Å². The fourth-order valence-corrected chi connectivity index (χ4v) is 6.25. The van der Waals surface area contributed by atoms with Crippen molar-refractivity contribution in [2.24, 2.45) is 0 Å². The predicted molar refractivity (Wildman–Crippen MR) is 125 cm³/mol. The molecule has 1 heterocycles. The molecule has 0 spiro atoms. The summed E-state index contributed by atoms with van der Waals surface area (Å²) in [4.78, 5) is 0.295. The Balaban J connectivity index is 1.74. The van der Waals surface area contributed by atoms with Crippen LogP contribution >= 0.6 is 0 Å². The van der Waals surface area contributed by atoms with Crippen LogP contribution < -0.4 is 0 Å². The molecule has 2 atom stereocenters. The van der Waals surface area contributed by atoms with Gasteiger partial charge in [0.05, 0.1) is 17.0 Å². The standard InChI is InChI=1S/C27H23NO2S/c1-3-26-24-10-6-7-11-25(24)27(22-15-14-20-8-4-5-9-21(20)18-22)28(26)31(29,30)23-16-12-19(2)13-17-23/h3-18,26-27H,1H2,2H3/t26-,27+/m1/s1. The van der Waals surface area contributed by atoms with Gasteiger partial charge in [-0.25, -0.2) is 8.42 Å². The van der Waals surface area contributed by atoms with E-state index in [0.717, 1.165) is 33.0 Å². The predicted octanol–water partition coefficient (Wildman–Crippen LogP) is 6.17. The highest BCUT2D eigenvalue weighted by Crippen LogP contribution is 2.49. The average molecular weight is 426 g/mol. The smallest absolute Gasteiger partial charge is 0.207 e. The second-order valence-electron chi connectivity index (χ2n) is 7.97. The molecule has 4 heteroatoms. The summed E-state index contributed by atoms with van der Waals surface area (Å²) >= 11 is 0. The molecule has 1 aliphatic rings. The minimum Gasteiger partial charge on any atom is -0.207 e. The Morgan fingerprint density at radius 2 is 1.45 bits per heavy atom. The molecule has 0 saturated carbocycles. The van der Waals surface area contributed by atoms with E-state index in [1.807, 2.05) is 61.5 Å². The van der Waals surface area contributed by atoms with E-state index in [4.69, 9.17) is 0 Å². The van der Waals surface area contributed by atoms with Crippen LogP contribution in [0.2, 0.25) is 0 Å². The zero-order valence-corrected chi connectivity index (χ0v) is 18.1. The Morgan fingerprint density at radius 3 is 2.16 bits per heavy atom. The van der Waals surface area contributed by atoms with Crippen LogP contribution in [0.1, 0.15) is 34.3 Å². The highest BCUT2D eigenvalue weighted by molar-refractivity contribution is 7.89. The Labute approximate surface area is 183 Å². The average Bonchev–Trinajstić information content (AvgIpc) is 3.14. The summed E-state index contributed by atoms with van der Waals surface area (Å²) in [6, 6.07) is 28.5. The molecular weight excluding hydrogens is 402 g/mol. The molecule has 0 radical (unpaired) electrons. The van der Waals surface area contributed by atoms with Crippen LogP contribution in [0.3, 0.4) is 0 Å². The van der Waals surface area contributed by atoms with Gasteiger partial charge in [-0.15, -0.1) is 6.58 Å². The van der Waals surface area contributed by atoms with E-state index < -0.39 is 22.1 Å². The lowest BCUT2D eigenvalue weighted by molar-refractivity contribution is 0.354. The summed E-state index contributed by atoms with van der Waals surface area (Å²) in [5.41, 5.74) is 3.95. The maximum Gasteiger partial charge on any atom is 0.244 e. The van der Waals surface area contributed by atoms with Crippen molar-refractivity contribution in [2.75, 3.05) is 0 Å². The van der Waals surface area contributed by atoms with Crippen molar-refractivity contribution in [3.63, 3.8) is 0 Å². The van der Waals surface area contributed by atoms with Crippen molar-refractivity contribution in [2.45, 2.75) is 23.9 Å². The van der Waals surface area contributed by atoms with Crippen molar-refractivity contribution >= 4 is 20.8 Å². The number of benzene rings is 4. The summed E-state index contributed by atoms with van der Waals surface area (Å²) in [5.74, 6) is 0. The van der Waals surface area contributed by atoms with E-state index in [0.29, 0.717) is 4.90 Å². The van der Waals surface area contributed by atoms with E-state index in [1.165, 1.54) is 0 Å². The first-order chi connectivity index (χ1) is 15.0. The van der Waals surface area contributed by atoms with Crippen molar-refractivity contribution in [1.29, 1.82) is 0 Å². The number of hydrogen-bond donors (Lipinski definition) is 0. The van der Waals surface area contributed by atoms with Crippen molar-refractivity contribution < 1.29 is 8.42 Å². The molecule has 4 aromatic rings. The number of nitrogens with zero attached hydrogens (tertiary/aromatic N) is 1. The van der Waals surface area contributed by atoms with Gasteiger partial charge in [0.2, 0.25) is 10.0 Å². The first kappa shape index (κ1) is 19.7. The number of rotatable bonds is 4. The van der Waals surface area contributed by atoms with Crippen LogP contribution in [-0.4, -0.2) is 12.7 Å². The van der Waals surface area contributed by atoms with Crippen LogP contribution in [0.5, 0.6) is 0 Å². The van der Waals surface area contributed by atoms with E-state index in [-0.39, 0.29) is 0 Å². The maximum atomic E-state index is 13.9. The van der Waals surface area contributed by atoms with Gasteiger partial charge in [0.15, 0.2) is 0 Å². The summed E-state index contributed by atoms with van der Waals surface area (Å²) in [7, 11) is -3.77. The van der Waals surface area contributed by atoms with Crippen molar-refractivity contribution in [3.05, 3.63) is 126 Å². The van der Waals surface area contributed by atoms with Gasteiger partial charge in [-0.05, 0) is 52.6 Å². The molecule has 31 heavy (non-hydrogen) atoms. The van der Waals surface area contributed by atoms with E-state index in [2.05, 4.69) is 30.8 Å². The quantitative estimate of drug-likeness (QED) is 0.367. The van der Waals surface area contributed by atoms with Crippen molar-refractivity contribution in [3.8, 4) is 0 Å². The molecule has 0 aromatic heterocycles. The summed E-state index contributed by atoms with van der Waals surface area (Å²) in [6.45, 7) is 5.94. The lowest BCUT2D eigenvalue weighted by Gasteiger charge is -2.29. The Kier molecular flexibility index (Phi) is 4.77. The molecule has 3 nitrogen and oxygen atoms in total. The first-order valence-electron chi connectivity index (χ1n) is 10.3. The molecule has 5 rings (SSSR count). The van der Waals surface area contributed by atoms with Gasteiger partial charge in [-0.2, -0.15) is 4.31 Å². The largest absolute Gasteiger partial charge is 0.244 e. The first-order valence-corrected chi connectivity index (χ1v) is 11.7. The number of sulfonamides is 1. The maximum absolute atomic E-state index is 13.9. The second kappa shape index (κ2) is 7.49. The zero-order valence-electron chi connectivity index (χ0n) is 17.3. The zero-order chi connectivity index (χ0) is 21.6. The highest BCUT2D eigenvalue weighted by atomic mass is 32.2. The van der Waals surface area contributed by atoms with Crippen LogP contribution in [0, 0.1) is 6.92 Å². The molecule has 0 N–H and O–H groups in total. The fourth-order valence-electron chi connectivity index (χ4n) is 4.52. The van der Waals surface area contributed by atoms with Gasteiger partial charge >= 0.3 is 0 Å². The van der Waals surface area contributed by atoms with Crippen molar-refractivity contribution in [1.82, 2.24) is 4.31 Å². The number of fused-ring (bicyclic) bond motifs is 2. The summed E-state index contributed by atoms with van der Waals surface area (Å²) in [6.07, 6.45) is 1.73. The van der Waals surface area contributed by atoms with E-state index >= 15 is 0 Å². The Morgan fingerprint density at radius 1 is 0.806 bits per heavy atom. The molecule has 154 valence electrons. The fraction of sp³-hybridized carbons (Fsp3) is 0.111. The SMILES string of the molecule is C=C[C@@H]1c2ccccc2[C@H](c2ccc3ccccc3c2)N1S(=O)(=O)c1ccc(C)cc1. The van der Waals surface area contributed by atoms with Gasteiger partial charge < -0.3 is 0 Å². The third-order valence-corrected chi connectivity index (χ3v) is 7.91. The molecule has 0 unspecified atom stereocenters. The van der Waals surface area contributed by atoms with E-state index in [1.54, 1.807) is 22.5 Å². The lowest BCUT2D eigenvalue weighted by atomic mass is 9.95. The molecule has 1 aliphatic heterocycles. The molecular formula is C27H23NO2S. The van der Waals surface area contributed by atoms with Gasteiger partial charge in [0.25, 0.3) is 0 Å². The molecule has 0 aliphatic carbocycles. The molecule has 0 fully saturated rings. The van der Waals surface area contributed by atoms with Crippen LogP contribution in [0.15, 0.2) is 109 Å². The monoisotopic (exact) mass is 425 g/mol. The molecule has 0 saturated heterocycles. The number of aryl methyl sites for hydroxylation is 1. The second-order valence-corrected chi connectivity index (χ2v) is 9.81. The summed E-state index contributed by atoms with van der Waals surface area (Å²) < 4.78 is 29.4. The Bertz CT molecular complexity index is 1390. The van der Waals surface area contributed by atoms with Crippen LogP contribution in [0.25, 0.3) is 10.8 Å². The third-order valence-electron chi connectivity index (χ3n) is 6.05. The molecule has 4 aromatic carbocycles. The minimum atomic E-state index is -3.77. The Hall–Kier alpha value is -3.21. The van der Waals surface area contributed by atoms with Gasteiger partial charge in [-0.3, -0.25) is 0 Å². The van der Waals surface area contributed by atoms with Gasteiger partial charge in [0.1, 0.15) is 0 Å². The van der Waals surface area contributed by atoms with Crippen LogP contribution in [-0.2, 0) is 10.0 Å². The normalized spacial score (nSPS) is 18.7. The lowest BCUT2D eigenvalue weighted by Crippen LogP contribution is -2.33. The van der Waals surface area contributed by atoms with E-state index in [9.17, 15) is 8.42 Å². The number of hydrogen-bond acceptors (Lipinski definition) is 2. The molecule has 0 amide bonds. The third kappa shape index (κ3) is 3.19. The van der Waals surface area contributed by atoms with Gasteiger partial charge in [-0.1, -0.05) is 84.4 Å². The highest BCUT2D eigenvalue weighted by Gasteiger charge is 2.45.